The first-order valence-electron chi connectivity index (χ1n) is 8.49. The molecule has 0 heterocycles. The van der Waals surface area contributed by atoms with Gasteiger partial charge < -0.3 is 4.74 Å². The van der Waals surface area contributed by atoms with Gasteiger partial charge in [-0.2, -0.15) is 5.26 Å². The van der Waals surface area contributed by atoms with Crippen LogP contribution < -0.4 is 4.74 Å². The third kappa shape index (κ3) is 5.27. The first kappa shape index (κ1) is 20.2. The lowest BCUT2D eigenvalue weighted by Crippen LogP contribution is -1.98. The Labute approximate surface area is 175 Å². The van der Waals surface area contributed by atoms with Gasteiger partial charge in [0.2, 0.25) is 0 Å². The van der Waals surface area contributed by atoms with Crippen LogP contribution in [0.2, 0.25) is 0 Å². The molecule has 0 aromatic heterocycles. The van der Waals surface area contributed by atoms with Crippen molar-refractivity contribution in [2.24, 2.45) is 0 Å². The highest BCUT2D eigenvalue weighted by Gasteiger charge is 2.11. The first-order chi connectivity index (χ1) is 14.0. The van der Waals surface area contributed by atoms with Crippen molar-refractivity contribution in [2.45, 2.75) is 6.61 Å². The molecule has 0 aliphatic rings. The maximum absolute atomic E-state index is 13.4. The molecule has 0 saturated carbocycles. The molecule has 0 aliphatic carbocycles. The van der Waals surface area contributed by atoms with Crippen molar-refractivity contribution < 1.29 is 14.1 Å². The molecule has 0 radical (unpaired) electrons. The van der Waals surface area contributed by atoms with E-state index in [1.54, 1.807) is 42.5 Å². The summed E-state index contributed by atoms with van der Waals surface area (Å²) in [4.78, 5) is 10.5. The molecule has 0 fully saturated rings. The first-order valence-corrected chi connectivity index (χ1v) is 9.29. The van der Waals surface area contributed by atoms with Crippen LogP contribution >= 0.6 is 15.9 Å². The summed E-state index contributed by atoms with van der Waals surface area (Å²) < 4.78 is 20.0. The van der Waals surface area contributed by atoms with E-state index in [0.29, 0.717) is 22.4 Å². The second-order valence-corrected chi connectivity index (χ2v) is 6.99. The van der Waals surface area contributed by atoms with E-state index in [2.05, 4.69) is 22.0 Å². The van der Waals surface area contributed by atoms with Gasteiger partial charge in [-0.05, 0) is 47.5 Å². The Bertz CT molecular complexity index is 1140. The number of nitro groups is 1. The SMILES string of the molecule is N#C/C(=C/c1cc(Br)ccc1OCc1cccc(F)c1)c1cccc([N+](=O)[O-])c1. The van der Waals surface area contributed by atoms with Crippen LogP contribution in [-0.2, 0) is 6.61 Å². The lowest BCUT2D eigenvalue weighted by Gasteiger charge is -2.11. The van der Waals surface area contributed by atoms with Crippen LogP contribution in [0.1, 0.15) is 16.7 Å². The molecule has 5 nitrogen and oxygen atoms in total. The van der Waals surface area contributed by atoms with Gasteiger partial charge in [-0.15, -0.1) is 0 Å². The van der Waals surface area contributed by atoms with E-state index in [0.717, 1.165) is 4.47 Å². The molecule has 29 heavy (non-hydrogen) atoms. The molecule has 0 saturated heterocycles. The Morgan fingerprint density at radius 3 is 2.69 bits per heavy atom. The molecule has 0 amide bonds. The van der Waals surface area contributed by atoms with Gasteiger partial charge in [-0.1, -0.05) is 40.2 Å². The Kier molecular flexibility index (Phi) is 6.37. The van der Waals surface area contributed by atoms with Crippen LogP contribution in [0.5, 0.6) is 5.75 Å². The minimum Gasteiger partial charge on any atom is -0.488 e. The average molecular weight is 453 g/mol. The number of hydrogen-bond acceptors (Lipinski definition) is 4. The molecule has 3 rings (SSSR count). The molecule has 7 heteroatoms. The van der Waals surface area contributed by atoms with Crippen LogP contribution in [0, 0.1) is 27.3 Å². The van der Waals surface area contributed by atoms with Crippen molar-refractivity contribution in [1.82, 2.24) is 0 Å². The van der Waals surface area contributed by atoms with Crippen LogP contribution in [0.3, 0.4) is 0 Å². The summed E-state index contributed by atoms with van der Waals surface area (Å²) in [6, 6.07) is 19.3. The number of halogens is 2. The number of hydrogen-bond donors (Lipinski definition) is 0. The average Bonchev–Trinajstić information content (AvgIpc) is 2.71. The van der Waals surface area contributed by atoms with Crippen molar-refractivity contribution in [1.29, 1.82) is 5.26 Å². The van der Waals surface area contributed by atoms with E-state index >= 15 is 0 Å². The van der Waals surface area contributed by atoms with Gasteiger partial charge in [0.05, 0.1) is 16.6 Å². The van der Waals surface area contributed by atoms with Crippen molar-refractivity contribution >= 4 is 33.3 Å². The summed E-state index contributed by atoms with van der Waals surface area (Å²) in [6.07, 6.45) is 1.60. The lowest BCUT2D eigenvalue weighted by molar-refractivity contribution is -0.384. The quantitative estimate of drug-likeness (QED) is 0.195. The van der Waals surface area contributed by atoms with Crippen LogP contribution in [0.15, 0.2) is 71.2 Å². The molecule has 3 aromatic rings. The molecule has 0 atom stereocenters. The van der Waals surface area contributed by atoms with Crippen molar-refractivity contribution in [3.05, 3.63) is 104 Å². The zero-order valence-corrected chi connectivity index (χ0v) is 16.6. The maximum atomic E-state index is 13.4. The highest BCUT2D eigenvalue weighted by atomic mass is 79.9. The fourth-order valence-corrected chi connectivity index (χ4v) is 3.05. The Morgan fingerprint density at radius 1 is 1.17 bits per heavy atom. The predicted molar refractivity (Wildman–Crippen MR) is 111 cm³/mol. The predicted octanol–water partition coefficient (Wildman–Crippen LogP) is 6.14. The Hall–Kier alpha value is -3.50. The molecular weight excluding hydrogens is 439 g/mol. The van der Waals surface area contributed by atoms with E-state index < -0.39 is 4.92 Å². The number of allylic oxidation sites excluding steroid dienone is 1. The highest BCUT2D eigenvalue weighted by Crippen LogP contribution is 2.29. The van der Waals surface area contributed by atoms with E-state index in [-0.39, 0.29) is 23.7 Å². The van der Waals surface area contributed by atoms with E-state index in [1.807, 2.05) is 0 Å². The Balaban J connectivity index is 1.94. The van der Waals surface area contributed by atoms with E-state index in [4.69, 9.17) is 4.74 Å². The number of nitro benzene ring substituents is 1. The summed E-state index contributed by atoms with van der Waals surface area (Å²) in [6.45, 7) is 0.152. The number of benzene rings is 3. The van der Waals surface area contributed by atoms with Crippen molar-refractivity contribution in [2.75, 3.05) is 0 Å². The van der Waals surface area contributed by atoms with E-state index in [9.17, 15) is 19.8 Å². The topological polar surface area (TPSA) is 76.2 Å². The minimum absolute atomic E-state index is 0.0968. The van der Waals surface area contributed by atoms with Gasteiger partial charge >= 0.3 is 0 Å². The van der Waals surface area contributed by atoms with Crippen molar-refractivity contribution in [3.8, 4) is 11.8 Å². The van der Waals surface area contributed by atoms with Crippen LogP contribution in [0.4, 0.5) is 10.1 Å². The normalized spacial score (nSPS) is 11.0. The van der Waals surface area contributed by atoms with Gasteiger partial charge in [0.1, 0.15) is 18.2 Å². The molecule has 0 N–H and O–H groups in total. The summed E-state index contributed by atoms with van der Waals surface area (Å²) >= 11 is 3.39. The van der Waals surface area contributed by atoms with Gasteiger partial charge in [0.25, 0.3) is 5.69 Å². The van der Waals surface area contributed by atoms with E-state index in [1.165, 1.54) is 30.3 Å². The number of ether oxygens (including phenoxy) is 1. The van der Waals surface area contributed by atoms with Crippen LogP contribution in [0.25, 0.3) is 11.6 Å². The monoisotopic (exact) mass is 452 g/mol. The summed E-state index contributed by atoms with van der Waals surface area (Å²) in [5.41, 5.74) is 1.86. The minimum atomic E-state index is -0.509. The molecule has 0 aliphatic heterocycles. The zero-order chi connectivity index (χ0) is 20.8. The standard InChI is InChI=1S/C22H14BrFN2O3/c23-19-7-8-22(29-14-15-3-1-5-20(24)9-15)17(11-19)10-18(13-25)16-4-2-6-21(12-16)26(27)28/h1-12H,14H2/b18-10-. The second-order valence-electron chi connectivity index (χ2n) is 6.08. The third-order valence-corrected chi connectivity index (χ3v) is 4.54. The number of rotatable bonds is 6. The third-order valence-electron chi connectivity index (χ3n) is 4.04. The molecule has 0 spiro atoms. The molecular formula is C22H14BrFN2O3. The smallest absolute Gasteiger partial charge is 0.270 e. The number of non-ortho nitro benzene ring substituents is 1. The fraction of sp³-hybridized carbons (Fsp3) is 0.0455. The molecule has 0 bridgehead atoms. The van der Waals surface area contributed by atoms with Gasteiger partial charge in [-0.3, -0.25) is 10.1 Å². The molecule has 0 unspecified atom stereocenters. The molecule has 144 valence electrons. The van der Waals surface area contributed by atoms with Gasteiger partial charge in [0, 0.05) is 22.2 Å². The summed E-state index contributed by atoms with van der Waals surface area (Å²) in [5.74, 6) is 0.148. The highest BCUT2D eigenvalue weighted by molar-refractivity contribution is 9.10. The number of nitrogens with zero attached hydrogens (tertiary/aromatic N) is 2. The Morgan fingerprint density at radius 2 is 1.97 bits per heavy atom. The molecule has 3 aromatic carbocycles. The zero-order valence-electron chi connectivity index (χ0n) is 15.0. The lowest BCUT2D eigenvalue weighted by atomic mass is 10.0. The van der Waals surface area contributed by atoms with Crippen molar-refractivity contribution in [3.63, 3.8) is 0 Å². The largest absolute Gasteiger partial charge is 0.488 e. The second kappa shape index (κ2) is 9.13. The summed E-state index contributed by atoms with van der Waals surface area (Å²) in [5, 5.41) is 20.6. The van der Waals surface area contributed by atoms with Crippen LogP contribution in [-0.4, -0.2) is 4.92 Å². The maximum Gasteiger partial charge on any atom is 0.270 e. The summed E-state index contributed by atoms with van der Waals surface area (Å²) in [7, 11) is 0. The fourth-order valence-electron chi connectivity index (χ4n) is 2.67. The number of nitriles is 1. The van der Waals surface area contributed by atoms with Gasteiger partial charge in [-0.25, -0.2) is 4.39 Å². The van der Waals surface area contributed by atoms with Gasteiger partial charge in [0.15, 0.2) is 0 Å².